The van der Waals surface area contributed by atoms with Crippen molar-refractivity contribution in [2.24, 2.45) is 0 Å². The van der Waals surface area contributed by atoms with Crippen LogP contribution in [0.2, 0.25) is 0 Å². The van der Waals surface area contributed by atoms with Gasteiger partial charge in [0.1, 0.15) is 11.6 Å². The van der Waals surface area contributed by atoms with Crippen LogP contribution in [0.3, 0.4) is 0 Å². The molecule has 0 saturated heterocycles. The minimum Gasteiger partial charge on any atom is -0.469 e. The van der Waals surface area contributed by atoms with Crippen LogP contribution >= 0.6 is 0 Å². The van der Waals surface area contributed by atoms with Gasteiger partial charge >= 0.3 is 0 Å². The Morgan fingerprint density at radius 3 is 3.05 bits per heavy atom. The molecule has 1 atom stereocenters. The number of nitrogens with zero attached hydrogens (tertiary/aromatic N) is 4. The second-order valence-corrected chi connectivity index (χ2v) is 5.05. The van der Waals surface area contributed by atoms with Crippen LogP contribution in [0.1, 0.15) is 40.0 Å². The Labute approximate surface area is 114 Å². The molecule has 1 aliphatic carbocycles. The van der Waals surface area contributed by atoms with Crippen molar-refractivity contribution in [1.82, 2.24) is 19.6 Å². The van der Waals surface area contributed by atoms with Crippen LogP contribution in [0.5, 0.6) is 0 Å². The zero-order valence-corrected chi connectivity index (χ0v) is 10.9. The maximum atomic E-state index is 12.3. The molecule has 0 aromatic carbocycles. The van der Waals surface area contributed by atoms with Crippen LogP contribution in [0.15, 0.2) is 29.0 Å². The van der Waals surface area contributed by atoms with E-state index >= 15 is 0 Å². The predicted molar refractivity (Wildman–Crippen MR) is 69.6 cm³/mol. The number of rotatable bonds is 1. The maximum Gasteiger partial charge on any atom is 0.252 e. The molecule has 1 unspecified atom stereocenters. The smallest absolute Gasteiger partial charge is 0.252 e. The number of hydrogen-bond acceptors (Lipinski definition) is 5. The quantitative estimate of drug-likeness (QED) is 0.674. The Bertz CT molecular complexity index is 804. The van der Waals surface area contributed by atoms with E-state index in [-0.39, 0.29) is 11.7 Å². The SMILES string of the molecule is Cc1nc2nc3c(cn2n1)C(=O)CC(c1ccco1)C3. The van der Waals surface area contributed by atoms with Crippen LogP contribution in [-0.4, -0.2) is 25.4 Å². The van der Waals surface area contributed by atoms with Crippen molar-refractivity contribution < 1.29 is 9.21 Å². The second-order valence-electron chi connectivity index (χ2n) is 5.05. The first-order valence-corrected chi connectivity index (χ1v) is 6.50. The molecule has 3 heterocycles. The highest BCUT2D eigenvalue weighted by Gasteiger charge is 2.29. The second kappa shape index (κ2) is 4.00. The first-order chi connectivity index (χ1) is 9.70. The van der Waals surface area contributed by atoms with Crippen molar-refractivity contribution in [1.29, 1.82) is 0 Å². The fraction of sp³-hybridized carbons (Fsp3) is 0.286. The molecule has 100 valence electrons. The molecule has 0 bridgehead atoms. The number of carbonyl (C=O) groups is 1. The van der Waals surface area contributed by atoms with E-state index in [9.17, 15) is 4.79 Å². The van der Waals surface area contributed by atoms with E-state index in [4.69, 9.17) is 4.42 Å². The molecule has 0 N–H and O–H groups in total. The summed E-state index contributed by atoms with van der Waals surface area (Å²) in [7, 11) is 0. The molecule has 0 fully saturated rings. The van der Waals surface area contributed by atoms with Gasteiger partial charge < -0.3 is 4.42 Å². The summed E-state index contributed by atoms with van der Waals surface area (Å²) in [5.41, 5.74) is 1.42. The van der Waals surface area contributed by atoms with Crippen LogP contribution in [0.25, 0.3) is 5.78 Å². The van der Waals surface area contributed by atoms with Gasteiger partial charge in [-0.05, 0) is 19.1 Å². The van der Waals surface area contributed by atoms with Crippen molar-refractivity contribution >= 4 is 11.6 Å². The lowest BCUT2D eigenvalue weighted by molar-refractivity contribution is 0.0958. The van der Waals surface area contributed by atoms with Crippen LogP contribution in [0, 0.1) is 6.92 Å². The molecule has 6 nitrogen and oxygen atoms in total. The van der Waals surface area contributed by atoms with Crippen molar-refractivity contribution in [2.45, 2.75) is 25.7 Å². The summed E-state index contributed by atoms with van der Waals surface area (Å²) in [6.07, 6.45) is 4.50. The molecule has 1 aliphatic rings. The number of furan rings is 1. The van der Waals surface area contributed by atoms with Gasteiger partial charge in [0.15, 0.2) is 5.78 Å². The highest BCUT2D eigenvalue weighted by molar-refractivity contribution is 5.98. The number of aromatic nitrogens is 4. The first kappa shape index (κ1) is 11.3. The number of fused-ring (bicyclic) bond motifs is 2. The van der Waals surface area contributed by atoms with Gasteiger partial charge in [-0.1, -0.05) is 0 Å². The third kappa shape index (κ3) is 1.65. The largest absolute Gasteiger partial charge is 0.469 e. The van der Waals surface area contributed by atoms with Crippen LogP contribution in [-0.2, 0) is 6.42 Å². The highest BCUT2D eigenvalue weighted by Crippen LogP contribution is 2.32. The lowest BCUT2D eigenvalue weighted by Gasteiger charge is -2.20. The zero-order chi connectivity index (χ0) is 13.7. The third-order valence-corrected chi connectivity index (χ3v) is 3.63. The minimum absolute atomic E-state index is 0.0592. The van der Waals surface area contributed by atoms with E-state index in [1.807, 2.05) is 12.1 Å². The number of carbonyl (C=O) groups excluding carboxylic acids is 1. The van der Waals surface area contributed by atoms with Gasteiger partial charge in [0.2, 0.25) is 0 Å². The lowest BCUT2D eigenvalue weighted by atomic mass is 9.85. The van der Waals surface area contributed by atoms with E-state index in [0.29, 0.717) is 30.0 Å². The van der Waals surface area contributed by atoms with Crippen molar-refractivity contribution in [3.63, 3.8) is 0 Å². The third-order valence-electron chi connectivity index (χ3n) is 3.63. The topological polar surface area (TPSA) is 73.3 Å². The van der Waals surface area contributed by atoms with E-state index in [2.05, 4.69) is 15.1 Å². The fourth-order valence-corrected chi connectivity index (χ4v) is 2.71. The summed E-state index contributed by atoms with van der Waals surface area (Å²) < 4.78 is 6.98. The number of aryl methyl sites for hydroxylation is 1. The molecule has 0 aliphatic heterocycles. The number of hydrogen-bond donors (Lipinski definition) is 0. The lowest BCUT2D eigenvalue weighted by Crippen LogP contribution is -2.21. The minimum atomic E-state index is 0.0592. The molecule has 3 aromatic rings. The summed E-state index contributed by atoms with van der Waals surface area (Å²) in [5, 5.41) is 4.20. The molecule has 0 spiro atoms. The highest BCUT2D eigenvalue weighted by atomic mass is 16.3. The molecule has 4 rings (SSSR count). The molecular weight excluding hydrogens is 256 g/mol. The van der Waals surface area contributed by atoms with Crippen molar-refractivity contribution in [3.8, 4) is 0 Å². The van der Waals surface area contributed by atoms with Gasteiger partial charge in [0.05, 0.1) is 17.5 Å². The Morgan fingerprint density at radius 2 is 2.25 bits per heavy atom. The normalized spacial score (nSPS) is 18.4. The number of ketones is 1. The summed E-state index contributed by atoms with van der Waals surface area (Å²) in [6, 6.07) is 3.75. The Morgan fingerprint density at radius 1 is 1.35 bits per heavy atom. The molecule has 0 amide bonds. The van der Waals surface area contributed by atoms with Crippen LogP contribution < -0.4 is 0 Å². The molecule has 6 heteroatoms. The summed E-state index contributed by atoms with van der Waals surface area (Å²) in [6.45, 7) is 1.81. The standard InChI is InChI=1S/C14H12N4O2/c1-8-15-14-16-11-5-9(13-3-2-4-20-13)6-12(19)10(11)7-18(14)17-8/h2-4,7,9H,5-6H2,1H3. The molecule has 0 saturated carbocycles. The Kier molecular flexibility index (Phi) is 2.26. The van der Waals surface area contributed by atoms with Gasteiger partial charge in [-0.15, -0.1) is 0 Å². The van der Waals surface area contributed by atoms with E-state index < -0.39 is 0 Å². The predicted octanol–water partition coefficient (Wildman–Crippen LogP) is 1.94. The molecule has 20 heavy (non-hydrogen) atoms. The summed E-state index contributed by atoms with van der Waals surface area (Å²) in [4.78, 5) is 21.0. The Hall–Kier alpha value is -2.50. The van der Waals surface area contributed by atoms with Gasteiger partial charge in [-0.2, -0.15) is 10.1 Å². The first-order valence-electron chi connectivity index (χ1n) is 6.50. The van der Waals surface area contributed by atoms with Crippen molar-refractivity contribution in [2.75, 3.05) is 0 Å². The molecular formula is C14H12N4O2. The fourth-order valence-electron chi connectivity index (χ4n) is 2.71. The van der Waals surface area contributed by atoms with Gasteiger partial charge in [0, 0.05) is 25.0 Å². The van der Waals surface area contributed by atoms with Gasteiger partial charge in [-0.25, -0.2) is 9.50 Å². The summed E-state index contributed by atoms with van der Waals surface area (Å²) >= 11 is 0. The van der Waals surface area contributed by atoms with Gasteiger partial charge in [-0.3, -0.25) is 4.79 Å². The molecule has 3 aromatic heterocycles. The monoisotopic (exact) mass is 268 g/mol. The van der Waals surface area contributed by atoms with Crippen LogP contribution in [0.4, 0.5) is 0 Å². The molecule has 0 radical (unpaired) electrons. The van der Waals surface area contributed by atoms with E-state index in [1.54, 1.807) is 23.9 Å². The van der Waals surface area contributed by atoms with E-state index in [0.717, 1.165) is 11.5 Å². The van der Waals surface area contributed by atoms with Crippen molar-refractivity contribution in [3.05, 3.63) is 47.4 Å². The number of Topliss-reactive ketones (excluding diaryl/α,β-unsaturated/α-hetero) is 1. The Balaban J connectivity index is 1.82. The van der Waals surface area contributed by atoms with Gasteiger partial charge in [0.25, 0.3) is 5.78 Å². The average Bonchev–Trinajstić information content (AvgIpc) is 3.04. The summed E-state index contributed by atoms with van der Waals surface area (Å²) in [5.74, 6) is 2.16. The maximum absolute atomic E-state index is 12.3. The average molecular weight is 268 g/mol. The van der Waals surface area contributed by atoms with E-state index in [1.165, 1.54) is 0 Å². The zero-order valence-electron chi connectivity index (χ0n) is 10.9.